The Hall–Kier alpha value is -1.49. The van der Waals surface area contributed by atoms with Crippen LogP contribution < -0.4 is 10.2 Å². The van der Waals surface area contributed by atoms with Crippen molar-refractivity contribution in [3.05, 3.63) is 23.8 Å². The van der Waals surface area contributed by atoms with E-state index in [2.05, 4.69) is 19.0 Å². The lowest BCUT2D eigenvalue weighted by Gasteiger charge is -2.11. The van der Waals surface area contributed by atoms with Gasteiger partial charge < -0.3 is 14.4 Å². The first-order valence-electron chi connectivity index (χ1n) is 7.59. The highest BCUT2D eigenvalue weighted by Crippen LogP contribution is 2.13. The zero-order valence-electron chi connectivity index (χ0n) is 13.6. The number of nitrogens with zero attached hydrogens (tertiary/aromatic N) is 1. The number of carbonyl (C=O) groups is 1. The Bertz CT molecular complexity index is 449. The van der Waals surface area contributed by atoms with E-state index in [0.29, 0.717) is 18.8 Å². The van der Waals surface area contributed by atoms with Gasteiger partial charge in [-0.1, -0.05) is 11.5 Å². The van der Waals surface area contributed by atoms with E-state index in [1.165, 1.54) is 6.42 Å². The van der Waals surface area contributed by atoms with Gasteiger partial charge in [0, 0.05) is 0 Å². The first-order chi connectivity index (χ1) is 10.0. The van der Waals surface area contributed by atoms with Crippen LogP contribution in [0.25, 0.3) is 0 Å². The minimum Gasteiger partial charge on any atom is -0.494 e. The van der Waals surface area contributed by atoms with Crippen LogP contribution >= 0.6 is 0 Å². The summed E-state index contributed by atoms with van der Waals surface area (Å²) in [6.45, 7) is 3.98. The molecule has 116 valence electrons. The van der Waals surface area contributed by atoms with Gasteiger partial charge >= 0.3 is 5.97 Å². The number of hydrogen-bond donors (Lipinski definition) is 0. The molecule has 1 rings (SSSR count). The van der Waals surface area contributed by atoms with E-state index in [1.54, 1.807) is 13.0 Å². The van der Waals surface area contributed by atoms with Crippen LogP contribution in [0.1, 0.15) is 36.5 Å². The van der Waals surface area contributed by atoms with E-state index in [-0.39, 0.29) is 5.97 Å². The summed E-state index contributed by atoms with van der Waals surface area (Å²) in [4.78, 5) is 13.9. The molecule has 0 aromatic heterocycles. The quantitative estimate of drug-likeness (QED) is 0.390. The maximum atomic E-state index is 11.7. The van der Waals surface area contributed by atoms with Gasteiger partial charge in [-0.3, -0.25) is 0 Å². The molecule has 1 aromatic carbocycles. The fraction of sp³-hybridized carbons (Fsp3) is 0.562. The van der Waals surface area contributed by atoms with Crippen molar-refractivity contribution in [2.75, 3.05) is 33.9 Å². The van der Waals surface area contributed by atoms with Crippen molar-refractivity contribution in [2.24, 2.45) is 0 Å². The van der Waals surface area contributed by atoms with Gasteiger partial charge in [0.15, 0.2) is 0 Å². The molecule has 5 heteroatoms. The van der Waals surface area contributed by atoms with Crippen molar-refractivity contribution in [3.8, 4) is 5.75 Å². The molecule has 0 aliphatic heterocycles. The predicted octanol–water partition coefficient (Wildman–Crippen LogP) is 1.23. The summed E-state index contributed by atoms with van der Waals surface area (Å²) in [5.41, 5.74) is 1.56. The van der Waals surface area contributed by atoms with E-state index in [0.717, 1.165) is 30.6 Å². The lowest BCUT2D eigenvalue weighted by Crippen LogP contribution is -2.13. The zero-order chi connectivity index (χ0) is 15.7. The molecule has 0 bridgehead atoms. The Labute approximate surface area is 128 Å². The first-order valence-corrected chi connectivity index (χ1v) is 7.59. The molecular formula is C16H26BNO3. The molecule has 0 saturated heterocycles. The van der Waals surface area contributed by atoms with Crippen molar-refractivity contribution >= 4 is 19.3 Å². The van der Waals surface area contributed by atoms with Crippen molar-refractivity contribution < 1.29 is 14.3 Å². The van der Waals surface area contributed by atoms with Gasteiger partial charge in [0.1, 0.15) is 13.6 Å². The fourth-order valence-corrected chi connectivity index (χ4v) is 2.06. The Morgan fingerprint density at radius 1 is 1.19 bits per heavy atom. The van der Waals surface area contributed by atoms with Crippen molar-refractivity contribution in [1.29, 1.82) is 0 Å². The van der Waals surface area contributed by atoms with Crippen molar-refractivity contribution in [2.45, 2.75) is 26.2 Å². The summed E-state index contributed by atoms with van der Waals surface area (Å²) in [6, 6.07) is 5.52. The molecule has 21 heavy (non-hydrogen) atoms. The number of hydrogen-bond acceptors (Lipinski definition) is 4. The molecule has 1 aromatic rings. The number of benzene rings is 1. The van der Waals surface area contributed by atoms with Crippen LogP contribution in [0.2, 0.25) is 0 Å². The highest BCUT2D eigenvalue weighted by molar-refractivity contribution is 6.32. The van der Waals surface area contributed by atoms with E-state index in [1.807, 2.05) is 20.0 Å². The van der Waals surface area contributed by atoms with Gasteiger partial charge in [0.05, 0.1) is 18.8 Å². The molecule has 0 aliphatic rings. The minimum absolute atomic E-state index is 0.294. The van der Waals surface area contributed by atoms with E-state index >= 15 is 0 Å². The lowest BCUT2D eigenvalue weighted by molar-refractivity contribution is 0.0526. The third kappa shape index (κ3) is 7.18. The second kappa shape index (κ2) is 9.45. The third-order valence-corrected chi connectivity index (χ3v) is 3.08. The summed E-state index contributed by atoms with van der Waals surface area (Å²) < 4.78 is 10.8. The smallest absolute Gasteiger partial charge is 0.338 e. The van der Waals surface area contributed by atoms with Crippen LogP contribution in [-0.4, -0.2) is 52.6 Å². The number of carbonyl (C=O) groups excluding carboxylic acids is 1. The van der Waals surface area contributed by atoms with Gasteiger partial charge in [-0.15, -0.1) is 0 Å². The summed E-state index contributed by atoms with van der Waals surface area (Å²) in [6.07, 6.45) is 3.35. The van der Waals surface area contributed by atoms with Crippen LogP contribution in [0.3, 0.4) is 0 Å². The summed E-state index contributed by atoms with van der Waals surface area (Å²) >= 11 is 0. The number of unbranched alkanes of at least 4 members (excludes halogenated alkanes) is 2. The Morgan fingerprint density at radius 3 is 2.62 bits per heavy atom. The topological polar surface area (TPSA) is 38.8 Å². The highest BCUT2D eigenvalue weighted by Gasteiger charge is 2.08. The Kier molecular flexibility index (Phi) is 7.91. The number of ether oxygens (including phenoxy) is 2. The van der Waals surface area contributed by atoms with Gasteiger partial charge in [-0.2, -0.15) is 0 Å². The first kappa shape index (κ1) is 17.6. The van der Waals surface area contributed by atoms with Crippen LogP contribution in [0.4, 0.5) is 0 Å². The van der Waals surface area contributed by atoms with Crippen molar-refractivity contribution in [3.63, 3.8) is 0 Å². The largest absolute Gasteiger partial charge is 0.494 e. The summed E-state index contributed by atoms with van der Waals surface area (Å²) in [7, 11) is 6.12. The molecule has 0 saturated carbocycles. The molecule has 0 unspecified atom stereocenters. The maximum Gasteiger partial charge on any atom is 0.338 e. The van der Waals surface area contributed by atoms with E-state index in [4.69, 9.17) is 9.47 Å². The standard InChI is InChI=1S/C16H26BNO3/c1-4-20-16(19)13-10-14(17)12-15(11-13)21-9-7-5-6-8-18(2)3/h10-12H,4-9,17H2,1-3H3. The molecule has 0 heterocycles. The average Bonchev–Trinajstić information content (AvgIpc) is 2.42. The number of esters is 1. The SMILES string of the molecule is Bc1cc(OCCCCCN(C)C)cc(C(=O)OCC)c1. The van der Waals surface area contributed by atoms with Gasteiger partial charge in [0.25, 0.3) is 0 Å². The zero-order valence-corrected chi connectivity index (χ0v) is 13.6. The maximum absolute atomic E-state index is 11.7. The van der Waals surface area contributed by atoms with Crippen LogP contribution in [-0.2, 0) is 4.74 Å². The number of rotatable bonds is 9. The molecule has 0 fully saturated rings. The summed E-state index contributed by atoms with van der Waals surface area (Å²) in [5.74, 6) is 0.447. The molecule has 0 spiro atoms. The van der Waals surface area contributed by atoms with E-state index in [9.17, 15) is 4.79 Å². The third-order valence-electron chi connectivity index (χ3n) is 3.08. The van der Waals surface area contributed by atoms with Crippen LogP contribution in [0, 0.1) is 0 Å². The van der Waals surface area contributed by atoms with Gasteiger partial charge in [0.2, 0.25) is 0 Å². The molecule has 0 amide bonds. The van der Waals surface area contributed by atoms with Gasteiger partial charge in [-0.25, -0.2) is 4.79 Å². The highest BCUT2D eigenvalue weighted by atomic mass is 16.5. The van der Waals surface area contributed by atoms with Crippen LogP contribution in [0.5, 0.6) is 5.75 Å². The molecule has 0 N–H and O–H groups in total. The van der Waals surface area contributed by atoms with Crippen molar-refractivity contribution in [1.82, 2.24) is 4.90 Å². The fourth-order valence-electron chi connectivity index (χ4n) is 2.06. The molecular weight excluding hydrogens is 265 g/mol. The summed E-state index contributed by atoms with van der Waals surface area (Å²) in [5, 5.41) is 0. The average molecular weight is 291 g/mol. The molecule has 4 nitrogen and oxygen atoms in total. The Balaban J connectivity index is 2.42. The molecule has 0 atom stereocenters. The minimum atomic E-state index is -0.294. The monoisotopic (exact) mass is 291 g/mol. The molecule has 0 aliphatic carbocycles. The van der Waals surface area contributed by atoms with Gasteiger partial charge in [-0.05, 0) is 59.0 Å². The molecule has 0 radical (unpaired) electrons. The predicted molar refractivity (Wildman–Crippen MR) is 88.5 cm³/mol. The van der Waals surface area contributed by atoms with Crippen LogP contribution in [0.15, 0.2) is 18.2 Å². The second-order valence-electron chi connectivity index (χ2n) is 5.47. The Morgan fingerprint density at radius 2 is 1.95 bits per heavy atom. The lowest BCUT2D eigenvalue weighted by atomic mass is 9.94. The van der Waals surface area contributed by atoms with E-state index < -0.39 is 0 Å². The second-order valence-corrected chi connectivity index (χ2v) is 5.47. The normalized spacial score (nSPS) is 10.7.